The summed E-state index contributed by atoms with van der Waals surface area (Å²) in [5.41, 5.74) is 4.00. The smallest absolute Gasteiger partial charge is 0.243 e. The number of methoxy groups -OCH3 is 2. The quantitative estimate of drug-likeness (QED) is 0.204. The van der Waals surface area contributed by atoms with E-state index in [9.17, 15) is 13.2 Å². The van der Waals surface area contributed by atoms with E-state index >= 15 is 0 Å². The lowest BCUT2D eigenvalue weighted by Crippen LogP contribution is -2.52. The summed E-state index contributed by atoms with van der Waals surface area (Å²) in [6, 6.07) is 20.3. The number of hydrogen-bond acceptors (Lipinski definition) is 8. The molecule has 0 aromatic heterocycles. The fourth-order valence-electron chi connectivity index (χ4n) is 6.36. The molecule has 3 atom stereocenters. The van der Waals surface area contributed by atoms with Crippen LogP contribution in [0.15, 0.2) is 71.6 Å². The van der Waals surface area contributed by atoms with Gasteiger partial charge in [-0.15, -0.1) is 0 Å². The zero-order valence-electron chi connectivity index (χ0n) is 27.3. The van der Waals surface area contributed by atoms with Crippen molar-refractivity contribution in [3.63, 3.8) is 0 Å². The third-order valence-corrected chi connectivity index (χ3v) is 10.9. The van der Waals surface area contributed by atoms with Crippen LogP contribution in [0.5, 0.6) is 11.5 Å². The van der Waals surface area contributed by atoms with Gasteiger partial charge in [-0.2, -0.15) is 4.31 Å². The average molecular weight is 651 g/mol. The lowest BCUT2D eigenvalue weighted by molar-refractivity contribution is -0.120. The number of sulfonamides is 1. The Bertz CT molecular complexity index is 1560. The van der Waals surface area contributed by atoms with E-state index in [2.05, 4.69) is 11.0 Å². The minimum Gasteiger partial charge on any atom is -0.497 e. The van der Waals surface area contributed by atoms with Crippen LogP contribution < -0.4 is 14.4 Å². The molecule has 0 amide bonds. The monoisotopic (exact) mass is 650 g/mol. The van der Waals surface area contributed by atoms with Crippen LogP contribution in [-0.4, -0.2) is 77.7 Å². The third kappa shape index (κ3) is 7.91. The van der Waals surface area contributed by atoms with Gasteiger partial charge in [0.25, 0.3) is 0 Å². The van der Waals surface area contributed by atoms with Crippen LogP contribution in [-0.2, 0) is 30.9 Å². The summed E-state index contributed by atoms with van der Waals surface area (Å²) in [5.74, 6) is 1.49. The summed E-state index contributed by atoms with van der Waals surface area (Å²) in [7, 11) is -0.555. The Morgan fingerprint density at radius 3 is 2.48 bits per heavy atom. The van der Waals surface area contributed by atoms with Crippen LogP contribution in [0, 0.1) is 6.92 Å². The molecule has 5 rings (SSSR count). The van der Waals surface area contributed by atoms with Crippen molar-refractivity contribution in [3.8, 4) is 11.5 Å². The Hall–Kier alpha value is -3.44. The summed E-state index contributed by atoms with van der Waals surface area (Å²) in [5, 5.41) is 0. The van der Waals surface area contributed by atoms with E-state index in [4.69, 9.17) is 18.9 Å². The predicted molar refractivity (Wildman–Crippen MR) is 178 cm³/mol. The Labute approximate surface area is 273 Å². The molecule has 1 saturated heterocycles. The maximum atomic E-state index is 14.1. The van der Waals surface area contributed by atoms with Crippen molar-refractivity contribution >= 4 is 21.5 Å². The fourth-order valence-corrected chi connectivity index (χ4v) is 8.01. The first-order valence-corrected chi connectivity index (χ1v) is 17.5. The molecule has 1 fully saturated rings. The fraction of sp³-hybridized carbons (Fsp3) is 0.472. The Balaban J connectivity index is 1.45. The number of hydrogen-bond donors (Lipinski definition) is 0. The number of carbonyl (C=O) groups is 1. The van der Waals surface area contributed by atoms with Gasteiger partial charge in [-0.3, -0.25) is 4.79 Å². The van der Waals surface area contributed by atoms with Crippen LogP contribution in [0.4, 0.5) is 5.69 Å². The summed E-state index contributed by atoms with van der Waals surface area (Å²) >= 11 is 0. The molecule has 10 heteroatoms. The first-order chi connectivity index (χ1) is 22.2. The summed E-state index contributed by atoms with van der Waals surface area (Å²) < 4.78 is 53.1. The van der Waals surface area contributed by atoms with Crippen molar-refractivity contribution in [2.24, 2.45) is 0 Å². The van der Waals surface area contributed by atoms with E-state index < -0.39 is 22.2 Å². The topological polar surface area (TPSA) is 94.6 Å². The Kier molecular flexibility index (Phi) is 11.4. The molecular formula is C36H46N2O7S. The number of ether oxygens (including phenoxy) is 4. The zero-order chi connectivity index (χ0) is 32.7. The van der Waals surface area contributed by atoms with E-state index in [-0.39, 0.29) is 29.6 Å². The largest absolute Gasteiger partial charge is 0.497 e. The second-order valence-electron chi connectivity index (χ2n) is 12.1. The molecule has 2 aliphatic heterocycles. The number of ketones is 1. The number of fused-ring (bicyclic) bond motifs is 1. The number of nitrogens with zero attached hydrogens (tertiary/aromatic N) is 2. The third-order valence-electron chi connectivity index (χ3n) is 8.99. The number of Topliss-reactive ketones (excluding diaryl/α,β-unsaturated/α-hetero) is 1. The highest BCUT2D eigenvalue weighted by molar-refractivity contribution is 7.89. The van der Waals surface area contributed by atoms with Crippen LogP contribution in [0.3, 0.4) is 0 Å². The number of aryl methyl sites for hydroxylation is 1. The maximum absolute atomic E-state index is 14.1. The van der Waals surface area contributed by atoms with E-state index in [1.54, 1.807) is 38.5 Å². The molecule has 3 aromatic carbocycles. The minimum atomic E-state index is -3.90. The molecule has 248 valence electrons. The number of benzene rings is 3. The van der Waals surface area contributed by atoms with Gasteiger partial charge >= 0.3 is 0 Å². The molecule has 9 nitrogen and oxygen atoms in total. The van der Waals surface area contributed by atoms with Gasteiger partial charge in [-0.25, -0.2) is 8.42 Å². The molecule has 46 heavy (non-hydrogen) atoms. The van der Waals surface area contributed by atoms with Gasteiger partial charge < -0.3 is 23.8 Å². The van der Waals surface area contributed by atoms with Gasteiger partial charge in [0.05, 0.1) is 36.9 Å². The van der Waals surface area contributed by atoms with Crippen molar-refractivity contribution in [3.05, 3.63) is 83.4 Å². The zero-order valence-corrected chi connectivity index (χ0v) is 28.1. The maximum Gasteiger partial charge on any atom is 0.243 e. The highest BCUT2D eigenvalue weighted by Gasteiger charge is 2.43. The molecule has 0 unspecified atom stereocenters. The van der Waals surface area contributed by atoms with Crippen molar-refractivity contribution < 1.29 is 32.2 Å². The van der Waals surface area contributed by atoms with E-state index in [1.165, 1.54) is 4.31 Å². The minimum absolute atomic E-state index is 0.0355. The Morgan fingerprint density at radius 2 is 1.78 bits per heavy atom. The molecule has 0 aliphatic carbocycles. The molecule has 3 aromatic rings. The van der Waals surface area contributed by atoms with Crippen molar-refractivity contribution in [1.29, 1.82) is 0 Å². The second-order valence-corrected chi connectivity index (χ2v) is 14.0. The van der Waals surface area contributed by atoms with Crippen LogP contribution in [0.2, 0.25) is 0 Å². The van der Waals surface area contributed by atoms with Crippen LogP contribution >= 0.6 is 0 Å². The van der Waals surface area contributed by atoms with Gasteiger partial charge in [0.2, 0.25) is 10.0 Å². The molecule has 0 bridgehead atoms. The summed E-state index contributed by atoms with van der Waals surface area (Å²) in [6.45, 7) is 7.16. The number of carbonyl (C=O) groups excluding carboxylic acids is 1. The van der Waals surface area contributed by atoms with Crippen molar-refractivity contribution in [2.75, 3.05) is 52.0 Å². The predicted octanol–water partition coefficient (Wildman–Crippen LogP) is 5.74. The first-order valence-electron chi connectivity index (χ1n) is 16.1. The highest BCUT2D eigenvalue weighted by Crippen LogP contribution is 2.39. The molecule has 0 spiro atoms. The first kappa shape index (κ1) is 33.9. The summed E-state index contributed by atoms with van der Waals surface area (Å²) in [6.07, 6.45) is 1.43. The van der Waals surface area contributed by atoms with Crippen molar-refractivity contribution in [2.45, 2.75) is 69.1 Å². The standard InChI is InChI=1S/C36H46N2O7S/c1-5-30(39)22-29-23-33(28-10-12-31(43-4)13-11-28)36(24-38(29)46(40,41)32-14-7-26(2)8-15-32)45-25-27-9-16-35-34(21-27)37(18-20-44-35)17-6-19-42-3/h7-16,21,29,33,36H,5-6,17-20,22-25H2,1-4H3/t29-,33+,36-/m0/s1. The molecule has 2 heterocycles. The normalized spacial score (nSPS) is 20.2. The van der Waals surface area contributed by atoms with Gasteiger partial charge in [0.1, 0.15) is 23.9 Å². The molecule has 0 radical (unpaired) electrons. The van der Waals surface area contributed by atoms with Crippen molar-refractivity contribution in [1.82, 2.24) is 4.31 Å². The van der Waals surface area contributed by atoms with Crippen LogP contribution in [0.25, 0.3) is 0 Å². The van der Waals surface area contributed by atoms with Crippen LogP contribution in [0.1, 0.15) is 55.2 Å². The lowest BCUT2D eigenvalue weighted by Gasteiger charge is -2.43. The highest BCUT2D eigenvalue weighted by atomic mass is 32.2. The molecule has 0 saturated carbocycles. The SMILES string of the molecule is CCC(=O)C[C@H]1C[C@H](c2ccc(OC)cc2)[C@@H](OCc2ccc3c(c2)N(CCCOC)CCO3)CN1S(=O)(=O)c1ccc(C)cc1. The number of anilines is 1. The molecular weight excluding hydrogens is 604 g/mol. The lowest BCUT2D eigenvalue weighted by atomic mass is 9.82. The van der Waals surface area contributed by atoms with Gasteiger partial charge in [-0.1, -0.05) is 42.8 Å². The molecule has 2 aliphatic rings. The number of rotatable bonds is 14. The number of piperidine rings is 1. The molecule has 0 N–H and O–H groups in total. The second kappa shape index (κ2) is 15.4. The van der Waals surface area contributed by atoms with E-state index in [1.807, 2.05) is 50.2 Å². The van der Waals surface area contributed by atoms with Gasteiger partial charge in [0.15, 0.2) is 0 Å². The van der Waals surface area contributed by atoms with E-state index in [0.717, 1.165) is 53.4 Å². The average Bonchev–Trinajstić information content (AvgIpc) is 3.07. The van der Waals surface area contributed by atoms with E-state index in [0.29, 0.717) is 32.7 Å². The van der Waals surface area contributed by atoms with Gasteiger partial charge in [0, 0.05) is 51.6 Å². The van der Waals surface area contributed by atoms with Gasteiger partial charge in [-0.05, 0) is 67.3 Å². The Morgan fingerprint density at radius 1 is 1.02 bits per heavy atom. The summed E-state index contributed by atoms with van der Waals surface area (Å²) in [4.78, 5) is 15.3.